The van der Waals surface area contributed by atoms with Crippen molar-refractivity contribution in [2.75, 3.05) is 0 Å². The zero-order valence-corrected chi connectivity index (χ0v) is 12.6. The number of alkyl halides is 6. The van der Waals surface area contributed by atoms with E-state index in [0.717, 1.165) is 6.92 Å². The number of benzene rings is 1. The minimum atomic E-state index is -5.01. The van der Waals surface area contributed by atoms with E-state index >= 15 is 0 Å². The number of hydrogen-bond donors (Lipinski definition) is 0. The third-order valence-electron chi connectivity index (χ3n) is 3.45. The number of rotatable bonds is 1. The molecule has 2 aromatic rings. The Labute approximate surface area is 134 Å². The van der Waals surface area contributed by atoms with Gasteiger partial charge in [-0.25, -0.2) is 13.8 Å². The molecule has 0 amide bonds. The first-order valence-corrected chi connectivity index (χ1v) is 6.53. The predicted octanol–water partition coefficient (Wildman–Crippen LogP) is 3.02. The smallest absolute Gasteiger partial charge is 0.292 e. The molecule has 136 valence electrons. The molecule has 0 saturated carbocycles. The average Bonchev–Trinajstić information content (AvgIpc) is 2.43. The van der Waals surface area contributed by atoms with Crippen LogP contribution in [0.15, 0.2) is 27.8 Å². The van der Waals surface area contributed by atoms with Gasteiger partial charge in [-0.1, -0.05) is 0 Å². The Kier molecular flexibility index (Phi) is 4.31. The topological polar surface area (TPSA) is 44.0 Å². The SMILES string of the molecule is Cc1cc(-n2c(=O)cc(C(F)(F)F)n(C)c2=O)c(F)cc1C(F)(F)F. The zero-order chi connectivity index (χ0) is 19.3. The van der Waals surface area contributed by atoms with Crippen molar-refractivity contribution in [3.63, 3.8) is 0 Å². The standard InChI is InChI=1S/C14H9F7N2O2/c1-6-3-9(8(15)4-7(6)13(16,17)18)23-11(24)5-10(14(19,20)21)22(2)12(23)25/h3-5H,1-2H3. The monoisotopic (exact) mass is 370 g/mol. The molecule has 0 aliphatic carbocycles. The van der Waals surface area contributed by atoms with Gasteiger partial charge in [-0.15, -0.1) is 0 Å². The summed E-state index contributed by atoms with van der Waals surface area (Å²) in [6.07, 6.45) is -9.89. The van der Waals surface area contributed by atoms with Crippen LogP contribution in [-0.2, 0) is 19.4 Å². The summed E-state index contributed by atoms with van der Waals surface area (Å²) in [6.45, 7) is 0.964. The van der Waals surface area contributed by atoms with Gasteiger partial charge in [0.25, 0.3) is 5.56 Å². The van der Waals surface area contributed by atoms with Crippen molar-refractivity contribution in [2.45, 2.75) is 19.3 Å². The third-order valence-corrected chi connectivity index (χ3v) is 3.45. The molecule has 25 heavy (non-hydrogen) atoms. The van der Waals surface area contributed by atoms with Gasteiger partial charge in [0.1, 0.15) is 11.5 Å². The molecule has 4 nitrogen and oxygen atoms in total. The highest BCUT2D eigenvalue weighted by Gasteiger charge is 2.36. The summed E-state index contributed by atoms with van der Waals surface area (Å²) in [5, 5.41) is 0. The molecule has 0 fully saturated rings. The van der Waals surface area contributed by atoms with Gasteiger partial charge in [0.15, 0.2) is 0 Å². The van der Waals surface area contributed by atoms with Gasteiger partial charge in [0, 0.05) is 13.1 Å². The van der Waals surface area contributed by atoms with Gasteiger partial charge < -0.3 is 0 Å². The zero-order valence-electron chi connectivity index (χ0n) is 12.6. The van der Waals surface area contributed by atoms with E-state index in [1.54, 1.807) is 0 Å². The molecule has 1 aromatic heterocycles. The Morgan fingerprint density at radius 3 is 1.96 bits per heavy atom. The molecule has 0 radical (unpaired) electrons. The number of nitrogens with zero attached hydrogens (tertiary/aromatic N) is 2. The summed E-state index contributed by atoms with van der Waals surface area (Å²) in [4.78, 5) is 23.9. The maximum Gasteiger partial charge on any atom is 0.431 e. The minimum Gasteiger partial charge on any atom is -0.292 e. The lowest BCUT2D eigenvalue weighted by Crippen LogP contribution is -2.41. The van der Waals surface area contributed by atoms with Crippen LogP contribution >= 0.6 is 0 Å². The molecule has 0 bridgehead atoms. The molecule has 0 saturated heterocycles. The first kappa shape index (κ1) is 18.7. The lowest BCUT2D eigenvalue weighted by molar-refractivity contribution is -0.144. The number of aromatic nitrogens is 2. The Bertz CT molecular complexity index is 952. The minimum absolute atomic E-state index is 0.0394. The second kappa shape index (κ2) is 5.74. The van der Waals surface area contributed by atoms with E-state index in [-0.39, 0.29) is 21.3 Å². The van der Waals surface area contributed by atoms with Crippen LogP contribution in [0.25, 0.3) is 5.69 Å². The summed E-state index contributed by atoms with van der Waals surface area (Å²) in [7, 11) is 0.704. The van der Waals surface area contributed by atoms with E-state index in [4.69, 9.17) is 0 Å². The molecule has 0 N–H and O–H groups in total. The van der Waals surface area contributed by atoms with Crippen molar-refractivity contribution in [2.24, 2.45) is 7.05 Å². The molecule has 0 aliphatic rings. The van der Waals surface area contributed by atoms with Crippen LogP contribution < -0.4 is 11.2 Å². The van der Waals surface area contributed by atoms with E-state index in [2.05, 4.69) is 0 Å². The predicted molar refractivity (Wildman–Crippen MR) is 72.0 cm³/mol. The van der Waals surface area contributed by atoms with Gasteiger partial charge in [-0.05, 0) is 24.6 Å². The summed E-state index contributed by atoms with van der Waals surface area (Å²) in [5.41, 5.74) is -7.33. The van der Waals surface area contributed by atoms with E-state index in [0.29, 0.717) is 13.1 Å². The molecule has 0 aliphatic heterocycles. The fraction of sp³-hybridized carbons (Fsp3) is 0.286. The molecule has 1 heterocycles. The second-order valence-corrected chi connectivity index (χ2v) is 5.16. The van der Waals surface area contributed by atoms with Crippen LogP contribution in [-0.4, -0.2) is 9.13 Å². The summed E-state index contributed by atoms with van der Waals surface area (Å²) >= 11 is 0. The Hall–Kier alpha value is -2.59. The normalized spacial score (nSPS) is 12.5. The number of halogens is 7. The highest BCUT2D eigenvalue weighted by molar-refractivity contribution is 5.43. The quantitative estimate of drug-likeness (QED) is 0.725. The van der Waals surface area contributed by atoms with E-state index < -0.39 is 51.9 Å². The lowest BCUT2D eigenvalue weighted by Gasteiger charge is -2.16. The van der Waals surface area contributed by atoms with Crippen LogP contribution in [0.2, 0.25) is 0 Å². The van der Waals surface area contributed by atoms with E-state index in [1.807, 2.05) is 0 Å². The lowest BCUT2D eigenvalue weighted by atomic mass is 10.1. The van der Waals surface area contributed by atoms with E-state index in [1.165, 1.54) is 0 Å². The molecule has 0 atom stereocenters. The summed E-state index contributed by atoms with van der Waals surface area (Å²) in [6, 6.07) is 0.719. The molecule has 2 rings (SSSR count). The Morgan fingerprint density at radius 2 is 1.48 bits per heavy atom. The first-order valence-electron chi connectivity index (χ1n) is 6.53. The van der Waals surface area contributed by atoms with Crippen molar-refractivity contribution < 1.29 is 30.7 Å². The second-order valence-electron chi connectivity index (χ2n) is 5.16. The van der Waals surface area contributed by atoms with Gasteiger partial charge >= 0.3 is 18.0 Å². The summed E-state index contributed by atoms with van der Waals surface area (Å²) in [5.74, 6) is -1.57. The van der Waals surface area contributed by atoms with Crippen molar-refractivity contribution in [1.29, 1.82) is 0 Å². The van der Waals surface area contributed by atoms with Gasteiger partial charge in [-0.3, -0.25) is 9.36 Å². The van der Waals surface area contributed by atoms with E-state index in [9.17, 15) is 40.3 Å². The summed E-state index contributed by atoms with van der Waals surface area (Å²) < 4.78 is 90.7. The molecule has 1 aromatic carbocycles. The third kappa shape index (κ3) is 3.30. The molecule has 0 spiro atoms. The van der Waals surface area contributed by atoms with Crippen LogP contribution in [0.4, 0.5) is 30.7 Å². The highest BCUT2D eigenvalue weighted by Crippen LogP contribution is 2.33. The van der Waals surface area contributed by atoms with Crippen molar-refractivity contribution in [3.8, 4) is 5.69 Å². The van der Waals surface area contributed by atoms with Crippen LogP contribution in [0.1, 0.15) is 16.8 Å². The fourth-order valence-electron chi connectivity index (χ4n) is 2.26. The number of hydrogen-bond acceptors (Lipinski definition) is 2. The highest BCUT2D eigenvalue weighted by atomic mass is 19.4. The molecule has 0 unspecified atom stereocenters. The van der Waals surface area contributed by atoms with Crippen molar-refractivity contribution >= 4 is 0 Å². The van der Waals surface area contributed by atoms with Crippen molar-refractivity contribution in [1.82, 2.24) is 9.13 Å². The first-order chi connectivity index (χ1) is 11.2. The van der Waals surface area contributed by atoms with Gasteiger partial charge in [0.2, 0.25) is 0 Å². The average molecular weight is 370 g/mol. The largest absolute Gasteiger partial charge is 0.431 e. The fourth-order valence-corrected chi connectivity index (χ4v) is 2.26. The molecular weight excluding hydrogens is 361 g/mol. The molecule has 11 heteroatoms. The van der Waals surface area contributed by atoms with Gasteiger partial charge in [-0.2, -0.15) is 26.3 Å². The maximum atomic E-state index is 14.0. The Balaban J connectivity index is 2.82. The Morgan fingerprint density at radius 1 is 0.920 bits per heavy atom. The maximum absolute atomic E-state index is 14.0. The molecular formula is C14H9F7N2O2. The van der Waals surface area contributed by atoms with Crippen LogP contribution in [0.3, 0.4) is 0 Å². The van der Waals surface area contributed by atoms with Crippen LogP contribution in [0, 0.1) is 12.7 Å². The number of aryl methyl sites for hydroxylation is 1. The van der Waals surface area contributed by atoms with Crippen molar-refractivity contribution in [3.05, 3.63) is 61.7 Å². The van der Waals surface area contributed by atoms with Gasteiger partial charge in [0.05, 0.1) is 11.3 Å². The van der Waals surface area contributed by atoms with Crippen LogP contribution in [0.5, 0.6) is 0 Å².